The van der Waals surface area contributed by atoms with Crippen LogP contribution in [0.2, 0.25) is 0 Å². The molecule has 0 aliphatic rings. The zero-order valence-corrected chi connectivity index (χ0v) is 41.8. The molecule has 0 amide bonds. The van der Waals surface area contributed by atoms with Crippen molar-refractivity contribution in [2.24, 2.45) is 0 Å². The second-order valence-electron chi connectivity index (χ2n) is 17.4. The Labute approximate surface area is 395 Å². The van der Waals surface area contributed by atoms with Crippen molar-refractivity contribution in [3.8, 4) is 0 Å². The molecule has 64 heavy (non-hydrogen) atoms. The van der Waals surface area contributed by atoms with Gasteiger partial charge in [-0.2, -0.15) is 0 Å². The lowest BCUT2D eigenvalue weighted by atomic mass is 10.0. The SMILES string of the molecule is CC/C=C\C/C=C\C/C=C\C/C=C\C/C=C\C/C=C\CCC(=O)OCC(COC(=O)CCCCCCC/C=C\CCCCCC)OC(=O)CCCCCCCCCCCCCCCC. The van der Waals surface area contributed by atoms with E-state index in [0.29, 0.717) is 19.3 Å². The van der Waals surface area contributed by atoms with Crippen LogP contribution >= 0.6 is 0 Å². The van der Waals surface area contributed by atoms with Crippen molar-refractivity contribution < 1.29 is 28.6 Å². The number of esters is 3. The Hall–Kier alpha value is -3.41. The fourth-order valence-corrected chi connectivity index (χ4v) is 7.17. The first kappa shape index (κ1) is 60.6. The van der Waals surface area contributed by atoms with Crippen LogP contribution in [0.25, 0.3) is 0 Å². The zero-order chi connectivity index (χ0) is 46.5. The van der Waals surface area contributed by atoms with E-state index in [4.69, 9.17) is 14.2 Å². The van der Waals surface area contributed by atoms with Crippen LogP contribution in [-0.2, 0) is 28.6 Å². The van der Waals surface area contributed by atoms with E-state index in [1.807, 2.05) is 6.08 Å². The lowest BCUT2D eigenvalue weighted by Crippen LogP contribution is -2.30. The first-order chi connectivity index (χ1) is 31.5. The van der Waals surface area contributed by atoms with E-state index in [1.54, 1.807) is 0 Å². The molecule has 0 saturated carbocycles. The predicted octanol–water partition coefficient (Wildman–Crippen LogP) is 17.6. The highest BCUT2D eigenvalue weighted by Gasteiger charge is 2.19. The third-order valence-electron chi connectivity index (χ3n) is 11.1. The Balaban J connectivity index is 4.49. The van der Waals surface area contributed by atoms with Crippen molar-refractivity contribution in [1.29, 1.82) is 0 Å². The molecule has 366 valence electrons. The Morgan fingerprint density at radius 1 is 0.328 bits per heavy atom. The monoisotopic (exact) mass is 891 g/mol. The maximum absolute atomic E-state index is 12.8. The third kappa shape index (κ3) is 49.6. The summed E-state index contributed by atoms with van der Waals surface area (Å²) >= 11 is 0. The number of rotatable bonds is 47. The van der Waals surface area contributed by atoms with Crippen LogP contribution in [0.5, 0.6) is 0 Å². The number of carbonyl (C=O) groups is 3. The second kappa shape index (κ2) is 52.2. The van der Waals surface area contributed by atoms with E-state index in [-0.39, 0.29) is 37.5 Å². The van der Waals surface area contributed by atoms with Crippen LogP contribution in [0, 0.1) is 0 Å². The molecule has 0 fully saturated rings. The van der Waals surface area contributed by atoms with Gasteiger partial charge in [0.15, 0.2) is 6.10 Å². The molecule has 0 bridgehead atoms. The quantitative estimate of drug-likeness (QED) is 0.0262. The summed E-state index contributed by atoms with van der Waals surface area (Å²) in [6.07, 6.45) is 67.2. The van der Waals surface area contributed by atoms with Crippen molar-refractivity contribution in [2.45, 2.75) is 252 Å². The van der Waals surface area contributed by atoms with Crippen molar-refractivity contribution in [3.63, 3.8) is 0 Å². The average Bonchev–Trinajstić information content (AvgIpc) is 3.29. The lowest BCUT2D eigenvalue weighted by molar-refractivity contribution is -0.166. The number of allylic oxidation sites excluding steroid dienone is 14. The molecule has 1 unspecified atom stereocenters. The van der Waals surface area contributed by atoms with Gasteiger partial charge in [0.1, 0.15) is 13.2 Å². The molecule has 0 aromatic heterocycles. The number of hydrogen-bond acceptors (Lipinski definition) is 6. The molecular weight excluding hydrogens is 793 g/mol. The molecule has 0 aromatic rings. The Bertz CT molecular complexity index is 1250. The second-order valence-corrected chi connectivity index (χ2v) is 17.4. The fraction of sp³-hybridized carbons (Fsp3) is 0.707. The van der Waals surface area contributed by atoms with E-state index in [2.05, 4.69) is 99.8 Å². The van der Waals surface area contributed by atoms with E-state index in [1.165, 1.54) is 109 Å². The summed E-state index contributed by atoms with van der Waals surface area (Å²) in [5.41, 5.74) is 0. The topological polar surface area (TPSA) is 78.9 Å². The number of hydrogen-bond donors (Lipinski definition) is 0. The molecular formula is C58H98O6. The van der Waals surface area contributed by atoms with E-state index in [0.717, 1.165) is 89.9 Å². The highest BCUT2D eigenvalue weighted by molar-refractivity contribution is 5.71. The van der Waals surface area contributed by atoms with Gasteiger partial charge in [-0.1, -0.05) is 228 Å². The number of ether oxygens (including phenoxy) is 3. The van der Waals surface area contributed by atoms with Crippen molar-refractivity contribution in [3.05, 3.63) is 85.1 Å². The molecule has 6 nitrogen and oxygen atoms in total. The Kier molecular flexibility index (Phi) is 49.4. The van der Waals surface area contributed by atoms with Gasteiger partial charge < -0.3 is 14.2 Å². The maximum Gasteiger partial charge on any atom is 0.306 e. The lowest BCUT2D eigenvalue weighted by Gasteiger charge is -2.18. The summed E-state index contributed by atoms with van der Waals surface area (Å²) in [7, 11) is 0. The van der Waals surface area contributed by atoms with Gasteiger partial charge >= 0.3 is 17.9 Å². The van der Waals surface area contributed by atoms with Crippen LogP contribution in [0.1, 0.15) is 245 Å². The maximum atomic E-state index is 12.8. The van der Waals surface area contributed by atoms with E-state index >= 15 is 0 Å². The molecule has 1 atom stereocenters. The van der Waals surface area contributed by atoms with Gasteiger partial charge in [0, 0.05) is 19.3 Å². The van der Waals surface area contributed by atoms with Gasteiger partial charge in [-0.15, -0.1) is 0 Å². The van der Waals surface area contributed by atoms with Gasteiger partial charge in [0.2, 0.25) is 0 Å². The predicted molar refractivity (Wildman–Crippen MR) is 274 cm³/mol. The molecule has 0 N–H and O–H groups in total. The largest absolute Gasteiger partial charge is 0.462 e. The van der Waals surface area contributed by atoms with Crippen LogP contribution in [-0.4, -0.2) is 37.2 Å². The first-order valence-corrected chi connectivity index (χ1v) is 26.6. The molecule has 0 heterocycles. The molecule has 0 radical (unpaired) electrons. The Morgan fingerprint density at radius 3 is 1.06 bits per heavy atom. The first-order valence-electron chi connectivity index (χ1n) is 26.6. The highest BCUT2D eigenvalue weighted by atomic mass is 16.6. The normalized spacial score (nSPS) is 12.7. The van der Waals surface area contributed by atoms with Crippen molar-refractivity contribution in [1.82, 2.24) is 0 Å². The average molecular weight is 891 g/mol. The standard InChI is InChI=1S/C58H98O6/c1-4-7-10-13-16-19-22-25-27-28-29-30-31-34-36-39-42-45-48-51-57(60)63-54-55(53-62-56(59)50-47-44-41-38-35-32-24-21-18-15-12-9-6-3)64-58(61)52-49-46-43-40-37-33-26-23-20-17-14-11-8-5-2/h7,10,16,19,21,24-25,27,29-30,34,36,42,45,55H,4-6,8-9,11-15,17-18,20,22-23,26,28,31-33,35,37-41,43-44,46-54H2,1-3H3/b10-7-,19-16-,24-21-,27-25-,30-29-,36-34-,45-42-. The van der Waals surface area contributed by atoms with Crippen molar-refractivity contribution >= 4 is 17.9 Å². The Morgan fingerprint density at radius 2 is 0.641 bits per heavy atom. The molecule has 0 aliphatic heterocycles. The molecule has 6 heteroatoms. The minimum absolute atomic E-state index is 0.103. The van der Waals surface area contributed by atoms with E-state index in [9.17, 15) is 14.4 Å². The summed E-state index contributed by atoms with van der Waals surface area (Å²) in [6.45, 7) is 6.44. The fourth-order valence-electron chi connectivity index (χ4n) is 7.17. The smallest absolute Gasteiger partial charge is 0.306 e. The van der Waals surface area contributed by atoms with Gasteiger partial charge in [-0.3, -0.25) is 14.4 Å². The molecule has 0 aliphatic carbocycles. The van der Waals surface area contributed by atoms with Gasteiger partial charge in [-0.25, -0.2) is 0 Å². The summed E-state index contributed by atoms with van der Waals surface area (Å²) in [6, 6.07) is 0. The summed E-state index contributed by atoms with van der Waals surface area (Å²) in [5.74, 6) is -0.996. The highest BCUT2D eigenvalue weighted by Crippen LogP contribution is 2.15. The summed E-state index contributed by atoms with van der Waals surface area (Å²) in [4.78, 5) is 38.0. The molecule has 0 aromatic carbocycles. The minimum Gasteiger partial charge on any atom is -0.462 e. The molecule has 0 saturated heterocycles. The van der Waals surface area contributed by atoms with Crippen LogP contribution in [0.15, 0.2) is 85.1 Å². The van der Waals surface area contributed by atoms with Crippen LogP contribution in [0.4, 0.5) is 0 Å². The van der Waals surface area contributed by atoms with Gasteiger partial charge in [-0.05, 0) is 83.5 Å². The summed E-state index contributed by atoms with van der Waals surface area (Å²) in [5, 5.41) is 0. The zero-order valence-electron chi connectivity index (χ0n) is 41.8. The third-order valence-corrected chi connectivity index (χ3v) is 11.1. The minimum atomic E-state index is -0.808. The summed E-state index contributed by atoms with van der Waals surface area (Å²) < 4.78 is 16.7. The van der Waals surface area contributed by atoms with E-state index < -0.39 is 6.10 Å². The van der Waals surface area contributed by atoms with Gasteiger partial charge in [0.25, 0.3) is 0 Å². The number of unbranched alkanes of at least 4 members (excludes halogenated alkanes) is 22. The van der Waals surface area contributed by atoms with Crippen molar-refractivity contribution in [2.75, 3.05) is 13.2 Å². The number of carbonyl (C=O) groups excluding carboxylic acids is 3. The molecule has 0 spiro atoms. The van der Waals surface area contributed by atoms with Gasteiger partial charge in [0.05, 0.1) is 0 Å². The molecule has 0 rings (SSSR count). The van der Waals surface area contributed by atoms with Crippen LogP contribution < -0.4 is 0 Å². The van der Waals surface area contributed by atoms with Crippen LogP contribution in [0.3, 0.4) is 0 Å².